The first-order valence-corrected chi connectivity index (χ1v) is 6.90. The van der Waals surface area contributed by atoms with Crippen LogP contribution < -0.4 is 10.6 Å². The summed E-state index contributed by atoms with van der Waals surface area (Å²) in [4.78, 5) is 25.4. The van der Waals surface area contributed by atoms with Crippen molar-refractivity contribution in [3.63, 3.8) is 0 Å². The molecule has 0 fully saturated rings. The van der Waals surface area contributed by atoms with Crippen LogP contribution in [0.15, 0.2) is 42.5 Å². The minimum Gasteiger partial charge on any atom is -0.366 e. The fourth-order valence-corrected chi connectivity index (χ4v) is 2.70. The molecule has 0 unspecified atom stereocenters. The first-order valence-electron chi connectivity index (χ1n) is 6.53. The summed E-state index contributed by atoms with van der Waals surface area (Å²) in [6, 6.07) is 12.5. The van der Waals surface area contributed by atoms with Crippen molar-refractivity contribution in [2.24, 2.45) is 5.73 Å². The number of primary amides is 1. The smallest absolute Gasteiger partial charge is 0.250 e. The lowest BCUT2D eigenvalue weighted by atomic mass is 10.1. The molecule has 2 N–H and O–H groups in total. The second-order valence-corrected chi connectivity index (χ2v) is 5.40. The van der Waals surface area contributed by atoms with E-state index in [1.807, 2.05) is 18.2 Å². The van der Waals surface area contributed by atoms with Gasteiger partial charge in [0.05, 0.1) is 24.2 Å². The fraction of sp³-hybridized carbons (Fsp3) is 0.125. The number of hydrogen-bond acceptors (Lipinski definition) is 2. The van der Waals surface area contributed by atoms with Crippen LogP contribution in [0.4, 0.5) is 5.69 Å². The largest absolute Gasteiger partial charge is 0.366 e. The Morgan fingerprint density at radius 1 is 1.19 bits per heavy atom. The van der Waals surface area contributed by atoms with Crippen molar-refractivity contribution in [1.29, 1.82) is 0 Å². The number of amides is 2. The predicted octanol–water partition coefficient (Wildman–Crippen LogP) is 2.53. The van der Waals surface area contributed by atoms with Gasteiger partial charge in [-0.2, -0.15) is 0 Å². The van der Waals surface area contributed by atoms with Crippen LogP contribution in [0.25, 0.3) is 0 Å². The fourth-order valence-electron chi connectivity index (χ4n) is 2.57. The number of nitrogens with two attached hydrogens (primary N) is 1. The van der Waals surface area contributed by atoms with E-state index < -0.39 is 5.91 Å². The summed E-state index contributed by atoms with van der Waals surface area (Å²) in [5, 5.41) is 0.643. The van der Waals surface area contributed by atoms with Crippen LogP contribution in [-0.2, 0) is 17.8 Å². The Morgan fingerprint density at radius 3 is 2.57 bits per heavy atom. The van der Waals surface area contributed by atoms with Gasteiger partial charge in [0.2, 0.25) is 5.91 Å². The highest BCUT2D eigenvalue weighted by Gasteiger charge is 2.30. The van der Waals surface area contributed by atoms with E-state index >= 15 is 0 Å². The van der Waals surface area contributed by atoms with E-state index in [2.05, 4.69) is 0 Å². The van der Waals surface area contributed by atoms with Gasteiger partial charge in [0.25, 0.3) is 5.91 Å². The van der Waals surface area contributed by atoms with E-state index in [0.717, 1.165) is 11.1 Å². The van der Waals surface area contributed by atoms with Gasteiger partial charge in [-0.15, -0.1) is 0 Å². The van der Waals surface area contributed by atoms with Gasteiger partial charge in [0.1, 0.15) is 0 Å². The third-order valence-electron chi connectivity index (χ3n) is 3.55. The summed E-state index contributed by atoms with van der Waals surface area (Å²) >= 11 is 5.86. The second-order valence-electron chi connectivity index (χ2n) is 4.96. The standard InChI is InChI=1S/C16H13ClN2O2/c17-12-6-4-10(5-7-12)9-19-14(20)8-11-2-1-3-13(15(11)19)16(18)21/h1-7H,8-9H2,(H2,18,21). The Labute approximate surface area is 127 Å². The van der Waals surface area contributed by atoms with Gasteiger partial charge < -0.3 is 10.6 Å². The minimum absolute atomic E-state index is 0.0337. The molecule has 1 aliphatic heterocycles. The van der Waals surface area contributed by atoms with Crippen molar-refractivity contribution < 1.29 is 9.59 Å². The molecule has 0 aromatic heterocycles. The quantitative estimate of drug-likeness (QED) is 0.946. The molecule has 0 bridgehead atoms. The van der Waals surface area contributed by atoms with E-state index in [1.165, 1.54) is 0 Å². The van der Waals surface area contributed by atoms with Crippen molar-refractivity contribution in [1.82, 2.24) is 0 Å². The number of nitrogens with zero attached hydrogens (tertiary/aromatic N) is 1. The third-order valence-corrected chi connectivity index (χ3v) is 3.80. The van der Waals surface area contributed by atoms with Crippen molar-refractivity contribution >= 4 is 29.1 Å². The number of hydrogen-bond donors (Lipinski definition) is 1. The van der Waals surface area contributed by atoms with E-state index in [1.54, 1.807) is 29.2 Å². The molecule has 0 radical (unpaired) electrons. The zero-order chi connectivity index (χ0) is 15.0. The highest BCUT2D eigenvalue weighted by Crippen LogP contribution is 2.33. The molecule has 0 saturated heterocycles. The molecule has 21 heavy (non-hydrogen) atoms. The molecule has 0 saturated carbocycles. The lowest BCUT2D eigenvalue weighted by molar-refractivity contribution is -0.117. The summed E-state index contributed by atoms with van der Waals surface area (Å²) in [5.41, 5.74) is 8.21. The van der Waals surface area contributed by atoms with Crippen LogP contribution >= 0.6 is 11.6 Å². The Hall–Kier alpha value is -2.33. The van der Waals surface area contributed by atoms with Gasteiger partial charge in [-0.25, -0.2) is 0 Å². The number of anilines is 1. The number of benzene rings is 2. The number of rotatable bonds is 3. The summed E-state index contributed by atoms with van der Waals surface area (Å²) in [6.45, 7) is 0.396. The maximum Gasteiger partial charge on any atom is 0.250 e. The Kier molecular flexibility index (Phi) is 3.39. The Morgan fingerprint density at radius 2 is 1.90 bits per heavy atom. The highest BCUT2D eigenvalue weighted by atomic mass is 35.5. The number of carbonyl (C=O) groups is 2. The van der Waals surface area contributed by atoms with Crippen LogP contribution in [0.5, 0.6) is 0 Å². The maximum absolute atomic E-state index is 12.2. The van der Waals surface area contributed by atoms with Gasteiger partial charge in [-0.1, -0.05) is 35.9 Å². The third kappa shape index (κ3) is 2.50. The summed E-state index contributed by atoms with van der Waals surface area (Å²) < 4.78 is 0. The SMILES string of the molecule is NC(=O)c1cccc2c1N(Cc1ccc(Cl)cc1)C(=O)C2. The van der Waals surface area contributed by atoms with Gasteiger partial charge in [0, 0.05) is 5.02 Å². The van der Waals surface area contributed by atoms with Gasteiger partial charge in [-0.05, 0) is 29.3 Å². The molecule has 2 aromatic carbocycles. The van der Waals surface area contributed by atoms with Gasteiger partial charge >= 0.3 is 0 Å². The molecular formula is C16H13ClN2O2. The number of para-hydroxylation sites is 1. The van der Waals surface area contributed by atoms with Crippen molar-refractivity contribution in [3.05, 3.63) is 64.2 Å². The molecule has 5 heteroatoms. The van der Waals surface area contributed by atoms with Crippen LogP contribution in [0.1, 0.15) is 21.5 Å². The molecular weight excluding hydrogens is 288 g/mol. The number of fused-ring (bicyclic) bond motifs is 1. The monoisotopic (exact) mass is 300 g/mol. The molecule has 2 aromatic rings. The topological polar surface area (TPSA) is 63.4 Å². The Balaban J connectivity index is 2.00. The summed E-state index contributed by atoms with van der Waals surface area (Å²) in [7, 11) is 0. The average Bonchev–Trinajstić information content (AvgIpc) is 2.77. The first kappa shape index (κ1) is 13.6. The van der Waals surface area contributed by atoms with Crippen molar-refractivity contribution in [3.8, 4) is 0 Å². The molecule has 2 amide bonds. The van der Waals surface area contributed by atoms with Crippen LogP contribution in [0.2, 0.25) is 5.02 Å². The second kappa shape index (κ2) is 5.22. The zero-order valence-corrected chi connectivity index (χ0v) is 11.9. The van der Waals surface area contributed by atoms with Gasteiger partial charge in [-0.3, -0.25) is 9.59 Å². The van der Waals surface area contributed by atoms with Crippen LogP contribution in [0, 0.1) is 0 Å². The number of carbonyl (C=O) groups excluding carboxylic acids is 2. The zero-order valence-electron chi connectivity index (χ0n) is 11.2. The number of halogens is 1. The van der Waals surface area contributed by atoms with Crippen LogP contribution in [0.3, 0.4) is 0 Å². The van der Waals surface area contributed by atoms with Gasteiger partial charge in [0.15, 0.2) is 0 Å². The van der Waals surface area contributed by atoms with E-state index in [-0.39, 0.29) is 5.91 Å². The summed E-state index contributed by atoms with van der Waals surface area (Å²) in [6.07, 6.45) is 0.296. The molecule has 1 heterocycles. The van der Waals surface area contributed by atoms with Crippen molar-refractivity contribution in [2.75, 3.05) is 4.90 Å². The molecule has 3 rings (SSSR count). The minimum atomic E-state index is -0.525. The first-order chi connectivity index (χ1) is 10.1. The summed E-state index contributed by atoms with van der Waals surface area (Å²) in [5.74, 6) is -0.559. The van der Waals surface area contributed by atoms with E-state index in [0.29, 0.717) is 29.2 Å². The lowest BCUT2D eigenvalue weighted by Crippen LogP contribution is -2.28. The molecule has 106 valence electrons. The maximum atomic E-state index is 12.2. The average molecular weight is 301 g/mol. The molecule has 1 aliphatic rings. The normalized spacial score (nSPS) is 13.4. The predicted molar refractivity (Wildman–Crippen MR) is 81.3 cm³/mol. The molecule has 0 aliphatic carbocycles. The van der Waals surface area contributed by atoms with E-state index in [9.17, 15) is 9.59 Å². The van der Waals surface area contributed by atoms with Crippen LogP contribution in [-0.4, -0.2) is 11.8 Å². The Bertz CT molecular complexity index is 726. The lowest BCUT2D eigenvalue weighted by Gasteiger charge is -2.19. The van der Waals surface area contributed by atoms with E-state index in [4.69, 9.17) is 17.3 Å². The molecule has 0 spiro atoms. The molecule has 4 nitrogen and oxygen atoms in total. The molecule has 0 atom stereocenters. The highest BCUT2D eigenvalue weighted by molar-refractivity contribution is 6.30. The van der Waals surface area contributed by atoms with Crippen molar-refractivity contribution in [2.45, 2.75) is 13.0 Å².